The van der Waals surface area contributed by atoms with Crippen LogP contribution in [0.25, 0.3) is 22.4 Å². The average Bonchev–Trinajstić information content (AvgIpc) is 2.77. The number of hydrogen-bond donors (Lipinski definition) is 2. The largest absolute Gasteiger partial charge is 0.368 e. The van der Waals surface area contributed by atoms with Gasteiger partial charge in [0.15, 0.2) is 5.65 Å². The van der Waals surface area contributed by atoms with E-state index in [1.165, 1.54) is 0 Å². The SMILES string of the molecule is Nc1nc(-c2ccccn2)c2cn[nH]c2n1. The van der Waals surface area contributed by atoms with Crippen LogP contribution in [0.4, 0.5) is 5.95 Å². The van der Waals surface area contributed by atoms with Crippen molar-refractivity contribution in [2.24, 2.45) is 0 Å². The van der Waals surface area contributed by atoms with Crippen molar-refractivity contribution in [3.63, 3.8) is 0 Å². The molecule has 3 aromatic rings. The van der Waals surface area contributed by atoms with Gasteiger partial charge >= 0.3 is 0 Å². The van der Waals surface area contributed by atoms with Gasteiger partial charge in [-0.25, -0.2) is 4.98 Å². The lowest BCUT2D eigenvalue weighted by Crippen LogP contribution is -1.98. The molecule has 0 aliphatic heterocycles. The number of nitrogens with two attached hydrogens (primary N) is 1. The van der Waals surface area contributed by atoms with Gasteiger partial charge in [-0.2, -0.15) is 10.1 Å². The van der Waals surface area contributed by atoms with E-state index in [1.807, 2.05) is 18.2 Å². The molecule has 3 rings (SSSR count). The standard InChI is InChI=1S/C10H8N6/c11-10-14-8(7-3-1-2-4-12-7)6-5-13-16-9(6)15-10/h1-5H,(H3,11,13,14,15,16). The number of nitrogen functional groups attached to an aromatic ring is 1. The van der Waals surface area contributed by atoms with Crippen molar-refractivity contribution in [1.29, 1.82) is 0 Å². The Balaban J connectivity index is 2.34. The first-order chi connectivity index (χ1) is 7.84. The highest BCUT2D eigenvalue weighted by molar-refractivity contribution is 5.89. The predicted molar refractivity (Wildman–Crippen MR) is 59.3 cm³/mol. The van der Waals surface area contributed by atoms with Crippen LogP contribution in [0.15, 0.2) is 30.6 Å². The fourth-order valence-electron chi connectivity index (χ4n) is 1.55. The van der Waals surface area contributed by atoms with Crippen LogP contribution in [0.5, 0.6) is 0 Å². The summed E-state index contributed by atoms with van der Waals surface area (Å²) >= 11 is 0. The molecule has 0 bridgehead atoms. The van der Waals surface area contributed by atoms with Crippen molar-refractivity contribution in [1.82, 2.24) is 25.1 Å². The summed E-state index contributed by atoms with van der Waals surface area (Å²) in [6.07, 6.45) is 3.37. The Morgan fingerprint density at radius 3 is 2.94 bits per heavy atom. The number of pyridine rings is 1. The van der Waals surface area contributed by atoms with Gasteiger partial charge in [0.1, 0.15) is 5.69 Å². The summed E-state index contributed by atoms with van der Waals surface area (Å²) < 4.78 is 0. The lowest BCUT2D eigenvalue weighted by molar-refractivity contribution is 1.09. The van der Waals surface area contributed by atoms with Crippen molar-refractivity contribution < 1.29 is 0 Å². The minimum atomic E-state index is 0.206. The van der Waals surface area contributed by atoms with E-state index < -0.39 is 0 Å². The molecule has 16 heavy (non-hydrogen) atoms. The van der Waals surface area contributed by atoms with Gasteiger partial charge in [0.25, 0.3) is 0 Å². The first-order valence-corrected chi connectivity index (χ1v) is 4.72. The topological polar surface area (TPSA) is 93.4 Å². The molecule has 3 aromatic heterocycles. The molecule has 0 fully saturated rings. The van der Waals surface area contributed by atoms with Crippen LogP contribution in [0.3, 0.4) is 0 Å². The van der Waals surface area contributed by atoms with E-state index in [-0.39, 0.29) is 5.95 Å². The molecular formula is C10H8N6. The zero-order chi connectivity index (χ0) is 11.0. The normalized spacial score (nSPS) is 10.8. The maximum atomic E-state index is 5.62. The third kappa shape index (κ3) is 1.28. The molecule has 0 aliphatic carbocycles. The maximum absolute atomic E-state index is 5.62. The summed E-state index contributed by atoms with van der Waals surface area (Å²) in [5.74, 6) is 0.206. The van der Waals surface area contributed by atoms with E-state index in [1.54, 1.807) is 12.4 Å². The molecule has 6 heteroatoms. The second kappa shape index (κ2) is 3.27. The Hall–Kier alpha value is -2.50. The fraction of sp³-hybridized carbons (Fsp3) is 0. The van der Waals surface area contributed by atoms with Crippen molar-refractivity contribution in [3.8, 4) is 11.4 Å². The molecule has 78 valence electrons. The molecule has 6 nitrogen and oxygen atoms in total. The Labute approximate surface area is 90.6 Å². The first-order valence-electron chi connectivity index (χ1n) is 4.72. The number of aromatic amines is 1. The van der Waals surface area contributed by atoms with E-state index in [9.17, 15) is 0 Å². The number of hydrogen-bond acceptors (Lipinski definition) is 5. The van der Waals surface area contributed by atoms with E-state index in [0.717, 1.165) is 11.1 Å². The van der Waals surface area contributed by atoms with Crippen molar-refractivity contribution in [2.75, 3.05) is 5.73 Å². The highest BCUT2D eigenvalue weighted by Crippen LogP contribution is 2.23. The Kier molecular flexibility index (Phi) is 1.79. The minimum Gasteiger partial charge on any atom is -0.368 e. The summed E-state index contributed by atoms with van der Waals surface area (Å²) in [6.45, 7) is 0. The third-order valence-electron chi connectivity index (χ3n) is 2.23. The van der Waals surface area contributed by atoms with Gasteiger partial charge in [0, 0.05) is 6.20 Å². The number of aromatic nitrogens is 5. The second-order valence-corrected chi connectivity index (χ2v) is 3.28. The van der Waals surface area contributed by atoms with Crippen LogP contribution < -0.4 is 5.73 Å². The van der Waals surface area contributed by atoms with Gasteiger partial charge in [-0.05, 0) is 12.1 Å². The summed E-state index contributed by atoms with van der Waals surface area (Å²) in [6, 6.07) is 5.61. The molecule has 0 spiro atoms. The molecule has 3 N–H and O–H groups in total. The number of H-pyrrole nitrogens is 1. The summed E-state index contributed by atoms with van der Waals surface area (Å²) in [4.78, 5) is 12.5. The number of nitrogens with zero attached hydrogens (tertiary/aromatic N) is 4. The second-order valence-electron chi connectivity index (χ2n) is 3.28. The summed E-state index contributed by atoms with van der Waals surface area (Å²) in [7, 11) is 0. The number of anilines is 1. The van der Waals surface area contributed by atoms with Crippen LogP contribution in [-0.4, -0.2) is 25.1 Å². The first kappa shape index (κ1) is 8.78. The molecule has 0 unspecified atom stereocenters. The predicted octanol–water partition coefficient (Wildman–Crippen LogP) is 0.997. The fourth-order valence-corrected chi connectivity index (χ4v) is 1.55. The van der Waals surface area contributed by atoms with Gasteiger partial charge in [-0.1, -0.05) is 6.07 Å². The van der Waals surface area contributed by atoms with Crippen LogP contribution in [0.2, 0.25) is 0 Å². The van der Waals surface area contributed by atoms with Crippen LogP contribution >= 0.6 is 0 Å². The molecule has 0 atom stereocenters. The molecule has 0 aromatic carbocycles. The van der Waals surface area contributed by atoms with E-state index >= 15 is 0 Å². The zero-order valence-corrected chi connectivity index (χ0v) is 8.25. The Morgan fingerprint density at radius 1 is 1.19 bits per heavy atom. The van der Waals surface area contributed by atoms with Crippen molar-refractivity contribution in [2.45, 2.75) is 0 Å². The Bertz CT molecular complexity index is 630. The third-order valence-corrected chi connectivity index (χ3v) is 2.23. The minimum absolute atomic E-state index is 0.206. The van der Waals surface area contributed by atoms with Crippen LogP contribution in [-0.2, 0) is 0 Å². The molecular weight excluding hydrogens is 204 g/mol. The van der Waals surface area contributed by atoms with Crippen LogP contribution in [0.1, 0.15) is 0 Å². The van der Waals surface area contributed by atoms with Gasteiger partial charge in [0.05, 0.1) is 17.3 Å². The number of fused-ring (bicyclic) bond motifs is 1. The lowest BCUT2D eigenvalue weighted by atomic mass is 10.2. The maximum Gasteiger partial charge on any atom is 0.222 e. The van der Waals surface area contributed by atoms with E-state index in [0.29, 0.717) is 11.3 Å². The summed E-state index contributed by atoms with van der Waals surface area (Å²) in [5.41, 5.74) is 7.69. The lowest BCUT2D eigenvalue weighted by Gasteiger charge is -2.01. The molecule has 0 aliphatic rings. The molecule has 0 radical (unpaired) electrons. The van der Waals surface area contributed by atoms with Gasteiger partial charge in [-0.15, -0.1) is 0 Å². The zero-order valence-electron chi connectivity index (χ0n) is 8.25. The average molecular weight is 212 g/mol. The Morgan fingerprint density at radius 2 is 2.12 bits per heavy atom. The highest BCUT2D eigenvalue weighted by Gasteiger charge is 2.10. The number of rotatable bonds is 1. The smallest absolute Gasteiger partial charge is 0.222 e. The quantitative estimate of drug-likeness (QED) is 0.627. The monoisotopic (exact) mass is 212 g/mol. The molecule has 0 saturated carbocycles. The van der Waals surface area contributed by atoms with E-state index in [2.05, 4.69) is 25.1 Å². The van der Waals surface area contributed by atoms with Crippen molar-refractivity contribution >= 4 is 17.0 Å². The van der Waals surface area contributed by atoms with Gasteiger partial charge < -0.3 is 5.73 Å². The summed E-state index contributed by atoms with van der Waals surface area (Å²) in [5, 5.41) is 7.49. The molecule has 0 amide bonds. The van der Waals surface area contributed by atoms with Crippen molar-refractivity contribution in [3.05, 3.63) is 30.6 Å². The van der Waals surface area contributed by atoms with Gasteiger partial charge in [-0.3, -0.25) is 10.1 Å². The molecule has 3 heterocycles. The molecule has 0 saturated heterocycles. The highest BCUT2D eigenvalue weighted by atomic mass is 15.2. The van der Waals surface area contributed by atoms with Gasteiger partial charge in [0.2, 0.25) is 5.95 Å². The van der Waals surface area contributed by atoms with E-state index in [4.69, 9.17) is 5.73 Å². The number of nitrogens with one attached hydrogen (secondary N) is 1. The van der Waals surface area contributed by atoms with Crippen LogP contribution in [0, 0.1) is 0 Å².